The van der Waals surface area contributed by atoms with Crippen molar-refractivity contribution in [1.29, 1.82) is 5.26 Å². The first kappa shape index (κ1) is 29.6. The van der Waals surface area contributed by atoms with Crippen molar-refractivity contribution in [1.82, 2.24) is 15.5 Å². The van der Waals surface area contributed by atoms with Gasteiger partial charge >= 0.3 is 6.09 Å². The minimum Gasteiger partial charge on any atom is -0.496 e. The zero-order valence-electron chi connectivity index (χ0n) is 24.1. The second-order valence-electron chi connectivity index (χ2n) is 11.2. The molecule has 1 fully saturated rings. The Hall–Kier alpha value is -4.35. The number of nitriles is 1. The van der Waals surface area contributed by atoms with E-state index in [0.29, 0.717) is 25.2 Å². The summed E-state index contributed by atoms with van der Waals surface area (Å²) in [7, 11) is 1.67. The summed E-state index contributed by atoms with van der Waals surface area (Å²) >= 11 is 0. The standard InChI is InChI=1S/C33H38N4O4/c1-33(2,3)41-32(39)36-21-31(38)37-17-16-29(28(22-37)25-8-6-5-7-9-25)35-20-27-18-26(14-15-30(27)40-4)24-12-10-23(19-34)11-13-24/h5-15,18,28-29,35H,16-17,20-22H2,1-4H3,(H,36,39). The third-order valence-electron chi connectivity index (χ3n) is 7.16. The Bertz CT molecular complexity index is 1380. The molecule has 8 nitrogen and oxygen atoms in total. The van der Waals surface area contributed by atoms with Crippen LogP contribution in [0.2, 0.25) is 0 Å². The first-order valence-electron chi connectivity index (χ1n) is 13.9. The molecule has 4 rings (SSSR count). The number of rotatable bonds is 8. The number of carbonyl (C=O) groups is 2. The topological polar surface area (TPSA) is 104 Å². The van der Waals surface area contributed by atoms with Gasteiger partial charge in [-0.05, 0) is 68.1 Å². The highest BCUT2D eigenvalue weighted by Crippen LogP contribution is 2.30. The van der Waals surface area contributed by atoms with Crippen molar-refractivity contribution in [3.8, 4) is 22.9 Å². The molecule has 1 heterocycles. The van der Waals surface area contributed by atoms with Gasteiger partial charge in [0.15, 0.2) is 0 Å². The minimum absolute atomic E-state index is 0.0723. The van der Waals surface area contributed by atoms with E-state index < -0.39 is 11.7 Å². The van der Waals surface area contributed by atoms with E-state index in [0.717, 1.165) is 34.4 Å². The Morgan fingerprint density at radius 3 is 2.39 bits per heavy atom. The fourth-order valence-electron chi connectivity index (χ4n) is 5.11. The Labute approximate surface area is 242 Å². The molecule has 1 aliphatic heterocycles. The summed E-state index contributed by atoms with van der Waals surface area (Å²) in [6.07, 6.45) is 0.161. The molecule has 0 spiro atoms. The molecular weight excluding hydrogens is 516 g/mol. The zero-order valence-corrected chi connectivity index (χ0v) is 24.1. The first-order chi connectivity index (χ1) is 19.7. The smallest absolute Gasteiger partial charge is 0.408 e. The number of hydrogen-bond acceptors (Lipinski definition) is 6. The number of carbonyl (C=O) groups excluding carboxylic acids is 2. The molecule has 214 valence electrons. The number of amides is 2. The van der Waals surface area contributed by atoms with Crippen LogP contribution in [-0.2, 0) is 16.1 Å². The normalized spacial score (nSPS) is 16.9. The molecule has 1 aliphatic rings. The number of nitrogens with one attached hydrogen (secondary N) is 2. The molecular formula is C33H38N4O4. The summed E-state index contributed by atoms with van der Waals surface area (Å²) in [5.41, 5.74) is 4.26. The Balaban J connectivity index is 1.46. The number of ether oxygens (including phenoxy) is 2. The predicted molar refractivity (Wildman–Crippen MR) is 158 cm³/mol. The van der Waals surface area contributed by atoms with Crippen LogP contribution in [0.1, 0.15) is 49.8 Å². The van der Waals surface area contributed by atoms with Gasteiger partial charge in [0.05, 0.1) is 18.7 Å². The van der Waals surface area contributed by atoms with Crippen molar-refractivity contribution in [3.05, 3.63) is 89.5 Å². The van der Waals surface area contributed by atoms with E-state index in [1.807, 2.05) is 59.5 Å². The molecule has 2 N–H and O–H groups in total. The SMILES string of the molecule is COc1ccc(-c2ccc(C#N)cc2)cc1CNC1CCN(C(=O)CNC(=O)OC(C)(C)C)CC1c1ccccc1. The summed E-state index contributed by atoms with van der Waals surface area (Å²) in [4.78, 5) is 26.9. The third-order valence-corrected chi connectivity index (χ3v) is 7.16. The van der Waals surface area contributed by atoms with E-state index in [1.54, 1.807) is 27.9 Å². The van der Waals surface area contributed by atoms with Crippen LogP contribution in [0.4, 0.5) is 4.79 Å². The van der Waals surface area contributed by atoms with E-state index in [4.69, 9.17) is 14.7 Å². The van der Waals surface area contributed by atoms with Gasteiger partial charge in [-0.1, -0.05) is 48.5 Å². The van der Waals surface area contributed by atoms with E-state index in [2.05, 4.69) is 34.9 Å². The molecule has 0 radical (unpaired) electrons. The average molecular weight is 555 g/mol. The van der Waals surface area contributed by atoms with Gasteiger partial charge in [0, 0.05) is 37.2 Å². The number of likely N-dealkylation sites (tertiary alicyclic amines) is 1. The Kier molecular flexibility index (Phi) is 9.64. The van der Waals surface area contributed by atoms with E-state index in [9.17, 15) is 9.59 Å². The maximum absolute atomic E-state index is 13.0. The average Bonchev–Trinajstić information content (AvgIpc) is 2.98. The summed E-state index contributed by atoms with van der Waals surface area (Å²) in [5, 5.41) is 15.5. The number of benzene rings is 3. The van der Waals surface area contributed by atoms with Crippen LogP contribution in [0.5, 0.6) is 5.75 Å². The number of hydrogen-bond donors (Lipinski definition) is 2. The monoisotopic (exact) mass is 554 g/mol. The van der Waals surface area contributed by atoms with Crippen LogP contribution in [0.15, 0.2) is 72.8 Å². The Morgan fingerprint density at radius 2 is 1.73 bits per heavy atom. The van der Waals surface area contributed by atoms with Crippen molar-refractivity contribution >= 4 is 12.0 Å². The lowest BCUT2D eigenvalue weighted by Crippen LogP contribution is -2.52. The molecule has 0 saturated carbocycles. The highest BCUT2D eigenvalue weighted by molar-refractivity contribution is 5.82. The minimum atomic E-state index is -0.625. The molecule has 0 bridgehead atoms. The van der Waals surface area contributed by atoms with Crippen LogP contribution < -0.4 is 15.4 Å². The molecule has 0 aliphatic carbocycles. The lowest BCUT2D eigenvalue weighted by atomic mass is 9.85. The zero-order chi connectivity index (χ0) is 29.4. The lowest BCUT2D eigenvalue weighted by Gasteiger charge is -2.39. The summed E-state index contributed by atoms with van der Waals surface area (Å²) in [6.45, 7) is 6.97. The van der Waals surface area contributed by atoms with Crippen molar-refractivity contribution in [2.45, 2.75) is 51.3 Å². The molecule has 8 heteroatoms. The fourth-order valence-corrected chi connectivity index (χ4v) is 5.11. The predicted octanol–water partition coefficient (Wildman–Crippen LogP) is 5.23. The number of nitrogens with zero attached hydrogens (tertiary/aromatic N) is 2. The summed E-state index contributed by atoms with van der Waals surface area (Å²) in [6, 6.07) is 26.1. The second-order valence-corrected chi connectivity index (χ2v) is 11.2. The molecule has 3 aromatic rings. The van der Waals surface area contributed by atoms with Crippen molar-refractivity contribution in [3.63, 3.8) is 0 Å². The molecule has 2 unspecified atom stereocenters. The molecule has 2 amide bonds. The summed E-state index contributed by atoms with van der Waals surface area (Å²) < 4.78 is 10.9. The maximum Gasteiger partial charge on any atom is 0.408 e. The van der Waals surface area contributed by atoms with Gasteiger partial charge in [0.25, 0.3) is 0 Å². The quantitative estimate of drug-likeness (QED) is 0.395. The molecule has 1 saturated heterocycles. The van der Waals surface area contributed by atoms with Gasteiger partial charge in [0.2, 0.25) is 5.91 Å². The first-order valence-corrected chi connectivity index (χ1v) is 13.9. The Morgan fingerprint density at radius 1 is 1.02 bits per heavy atom. The highest BCUT2D eigenvalue weighted by Gasteiger charge is 2.32. The molecule has 2 atom stereocenters. The van der Waals surface area contributed by atoms with Crippen LogP contribution in [-0.4, -0.2) is 55.3 Å². The van der Waals surface area contributed by atoms with E-state index >= 15 is 0 Å². The van der Waals surface area contributed by atoms with Gasteiger partial charge in [0.1, 0.15) is 17.9 Å². The number of piperidine rings is 1. The maximum atomic E-state index is 13.0. The van der Waals surface area contributed by atoms with E-state index in [-0.39, 0.29) is 24.4 Å². The third kappa shape index (κ3) is 8.09. The molecule has 0 aromatic heterocycles. The molecule has 3 aromatic carbocycles. The van der Waals surface area contributed by atoms with Crippen molar-refractivity contribution < 1.29 is 19.1 Å². The number of methoxy groups -OCH3 is 1. The second kappa shape index (κ2) is 13.3. The fraction of sp³-hybridized carbons (Fsp3) is 0.364. The number of alkyl carbamates (subject to hydrolysis) is 1. The summed E-state index contributed by atoms with van der Waals surface area (Å²) in [5.74, 6) is 0.738. The van der Waals surface area contributed by atoms with Gasteiger partial charge in [-0.25, -0.2) is 4.79 Å². The van der Waals surface area contributed by atoms with Gasteiger partial charge < -0.3 is 25.0 Å². The highest BCUT2D eigenvalue weighted by atomic mass is 16.6. The van der Waals surface area contributed by atoms with Gasteiger partial charge in [-0.2, -0.15) is 5.26 Å². The van der Waals surface area contributed by atoms with Crippen LogP contribution in [0.3, 0.4) is 0 Å². The van der Waals surface area contributed by atoms with Crippen molar-refractivity contribution in [2.75, 3.05) is 26.7 Å². The van der Waals surface area contributed by atoms with Gasteiger partial charge in [-0.3, -0.25) is 4.79 Å². The lowest BCUT2D eigenvalue weighted by molar-refractivity contribution is -0.131. The van der Waals surface area contributed by atoms with Crippen LogP contribution >= 0.6 is 0 Å². The van der Waals surface area contributed by atoms with Crippen LogP contribution in [0, 0.1) is 11.3 Å². The van der Waals surface area contributed by atoms with Gasteiger partial charge in [-0.15, -0.1) is 0 Å². The van der Waals surface area contributed by atoms with Crippen molar-refractivity contribution in [2.24, 2.45) is 0 Å². The molecule has 41 heavy (non-hydrogen) atoms. The van der Waals surface area contributed by atoms with Crippen LogP contribution in [0.25, 0.3) is 11.1 Å². The largest absolute Gasteiger partial charge is 0.496 e. The van der Waals surface area contributed by atoms with E-state index in [1.165, 1.54) is 0 Å².